The molecule has 0 unspecified atom stereocenters. The summed E-state index contributed by atoms with van der Waals surface area (Å²) in [6, 6.07) is 64.0. The molecule has 2 N–H and O–H groups in total. The molecule has 0 atom stereocenters. The number of nitriles is 1. The van der Waals surface area contributed by atoms with Crippen molar-refractivity contribution in [3.05, 3.63) is 214 Å². The van der Waals surface area contributed by atoms with Crippen molar-refractivity contribution in [1.82, 2.24) is 0 Å². The van der Waals surface area contributed by atoms with E-state index in [0.29, 0.717) is 4.88 Å². The quantitative estimate of drug-likeness (QED) is 0.0635. The molecule has 9 rings (SSSR count). The van der Waals surface area contributed by atoms with Crippen LogP contribution in [0, 0.1) is 17.9 Å². The summed E-state index contributed by atoms with van der Waals surface area (Å²) >= 11 is 6.24. The van der Waals surface area contributed by atoms with Crippen LogP contribution in [0.1, 0.15) is 9.75 Å². The van der Waals surface area contributed by atoms with Gasteiger partial charge in [0.15, 0.2) is 0 Å². The van der Waals surface area contributed by atoms with E-state index in [-0.39, 0.29) is 11.3 Å². The predicted molar refractivity (Wildman–Crippen MR) is 273 cm³/mol. The Kier molecular flexibility index (Phi) is 12.6. The first-order valence-corrected chi connectivity index (χ1v) is 23.6. The van der Waals surface area contributed by atoms with Gasteiger partial charge in [0.25, 0.3) is 5.70 Å². The van der Waals surface area contributed by atoms with Crippen molar-refractivity contribution in [2.45, 2.75) is 0 Å². The molecular weight excluding hydrogens is 897 g/mol. The smallest absolute Gasteiger partial charge is 0.346 e. The van der Waals surface area contributed by atoms with Gasteiger partial charge in [0.1, 0.15) is 11.6 Å². The number of benzene rings is 5. The molecule has 4 aromatic heterocycles. The average molecular weight is 931 g/mol. The van der Waals surface area contributed by atoms with Crippen LogP contribution in [0.15, 0.2) is 193 Å². The fourth-order valence-electron chi connectivity index (χ4n) is 7.29. The van der Waals surface area contributed by atoms with Crippen LogP contribution < -0.4 is 9.80 Å². The summed E-state index contributed by atoms with van der Waals surface area (Å²) < 4.78 is 0. The molecule has 0 fully saturated rings. The standard InChI is InChI=1S/C54H34N4O4S4/c1-56-46(54(61)62)33-45-25-27-50(64-45)52-31-29-48(66-52)36-14-18-41(19-15-36)58(39-10-6-3-7-11-39)43-22-20-42(21-23-43)57(38-8-4-2-5-9-38)40-16-12-35(13-17-40)47-28-30-51(65-47)49-26-24-44(63-49)32-37(34-55)53(59)60/h2-33H,(H,59,60)(H,61,62). The van der Waals surface area contributed by atoms with Crippen molar-refractivity contribution in [3.63, 3.8) is 0 Å². The lowest BCUT2D eigenvalue weighted by molar-refractivity contribution is -0.133. The van der Waals surface area contributed by atoms with Gasteiger partial charge in [0, 0.05) is 73.1 Å². The summed E-state index contributed by atoms with van der Waals surface area (Å²) in [5, 5.41) is 27.7. The second-order valence-corrected chi connectivity index (χ2v) is 19.0. The van der Waals surface area contributed by atoms with Gasteiger partial charge in [-0.15, -0.1) is 45.3 Å². The maximum absolute atomic E-state index is 11.3. The monoisotopic (exact) mass is 930 g/mol. The number of hydrogen-bond acceptors (Lipinski definition) is 9. The van der Waals surface area contributed by atoms with E-state index in [1.54, 1.807) is 28.7 Å². The van der Waals surface area contributed by atoms with E-state index in [1.165, 1.54) is 34.8 Å². The van der Waals surface area contributed by atoms with Crippen LogP contribution in [0.4, 0.5) is 34.1 Å². The molecule has 0 saturated heterocycles. The molecule has 0 saturated carbocycles. The Hall–Kier alpha value is -8.10. The highest BCUT2D eigenvalue weighted by atomic mass is 32.1. The number of hydrogen-bond donors (Lipinski definition) is 2. The molecule has 9 aromatic rings. The molecule has 8 nitrogen and oxygen atoms in total. The largest absolute Gasteiger partial charge is 0.486 e. The number of nitrogens with zero attached hydrogens (tertiary/aromatic N) is 4. The molecule has 0 aliphatic heterocycles. The molecule has 0 radical (unpaired) electrons. The van der Waals surface area contributed by atoms with Crippen LogP contribution in [-0.4, -0.2) is 22.2 Å². The summed E-state index contributed by atoms with van der Waals surface area (Å²) in [5.41, 5.74) is 7.63. The Bertz CT molecular complexity index is 3110. The second-order valence-electron chi connectivity index (χ2n) is 14.6. The van der Waals surface area contributed by atoms with Crippen LogP contribution in [0.2, 0.25) is 0 Å². The van der Waals surface area contributed by atoms with Crippen LogP contribution in [0.5, 0.6) is 0 Å². The van der Waals surface area contributed by atoms with Crippen molar-refractivity contribution < 1.29 is 19.8 Å². The third kappa shape index (κ3) is 9.40. The summed E-state index contributed by atoms with van der Waals surface area (Å²) in [4.78, 5) is 38.1. The van der Waals surface area contributed by atoms with Crippen LogP contribution in [0.3, 0.4) is 0 Å². The summed E-state index contributed by atoms with van der Waals surface area (Å²) in [6.07, 6.45) is 2.82. The highest BCUT2D eigenvalue weighted by Crippen LogP contribution is 2.43. The maximum Gasteiger partial charge on any atom is 0.346 e. The Morgan fingerprint density at radius 1 is 0.455 bits per heavy atom. The predicted octanol–water partition coefficient (Wildman–Crippen LogP) is 15.9. The van der Waals surface area contributed by atoms with Crippen LogP contribution in [-0.2, 0) is 9.59 Å². The van der Waals surface area contributed by atoms with E-state index in [0.717, 1.165) is 79.4 Å². The summed E-state index contributed by atoms with van der Waals surface area (Å²) in [6.45, 7) is 7.16. The van der Waals surface area contributed by atoms with E-state index in [4.69, 9.17) is 6.57 Å². The second kappa shape index (κ2) is 19.3. The summed E-state index contributed by atoms with van der Waals surface area (Å²) in [5.74, 6) is -2.47. The summed E-state index contributed by atoms with van der Waals surface area (Å²) in [7, 11) is 0. The first-order chi connectivity index (χ1) is 32.2. The van der Waals surface area contributed by atoms with Gasteiger partial charge in [-0.1, -0.05) is 60.7 Å². The molecule has 0 aliphatic rings. The molecule has 318 valence electrons. The Morgan fingerprint density at radius 2 is 0.803 bits per heavy atom. The van der Waals surface area contributed by atoms with Gasteiger partial charge in [0.05, 0.1) is 6.57 Å². The number of para-hydroxylation sites is 2. The number of carboxylic acids is 2. The molecule has 0 bridgehead atoms. The lowest BCUT2D eigenvalue weighted by Crippen LogP contribution is -2.12. The molecule has 66 heavy (non-hydrogen) atoms. The molecule has 12 heteroatoms. The van der Waals surface area contributed by atoms with E-state index in [9.17, 15) is 25.1 Å². The van der Waals surface area contributed by atoms with Crippen molar-refractivity contribution >= 4 is 104 Å². The van der Waals surface area contributed by atoms with Crippen molar-refractivity contribution in [1.29, 1.82) is 5.26 Å². The average Bonchev–Trinajstić information content (AvgIpc) is 4.20. The van der Waals surface area contributed by atoms with Gasteiger partial charge in [-0.3, -0.25) is 4.79 Å². The Labute approximate surface area is 396 Å². The minimum atomic E-state index is -1.24. The van der Waals surface area contributed by atoms with Gasteiger partial charge in [-0.2, -0.15) is 5.26 Å². The van der Waals surface area contributed by atoms with Gasteiger partial charge < -0.3 is 20.0 Å². The zero-order valence-electron chi connectivity index (χ0n) is 34.6. The third-order valence-corrected chi connectivity index (χ3v) is 15.1. The van der Waals surface area contributed by atoms with Gasteiger partial charge in [-0.25, -0.2) is 9.64 Å². The van der Waals surface area contributed by atoms with Crippen LogP contribution in [0.25, 0.3) is 57.4 Å². The zero-order valence-corrected chi connectivity index (χ0v) is 37.9. The van der Waals surface area contributed by atoms with E-state index < -0.39 is 11.9 Å². The molecular formula is C54H34N4O4S4. The minimum Gasteiger partial charge on any atom is -0.486 e. The third-order valence-electron chi connectivity index (χ3n) is 10.4. The van der Waals surface area contributed by atoms with Crippen molar-refractivity contribution in [2.24, 2.45) is 0 Å². The number of anilines is 6. The normalized spacial score (nSPS) is 11.4. The fraction of sp³-hybridized carbons (Fsp3) is 0. The molecule has 4 heterocycles. The van der Waals surface area contributed by atoms with Crippen LogP contribution >= 0.6 is 45.3 Å². The minimum absolute atomic E-state index is 0.292. The lowest BCUT2D eigenvalue weighted by Gasteiger charge is -2.28. The van der Waals surface area contributed by atoms with Gasteiger partial charge in [0.2, 0.25) is 0 Å². The van der Waals surface area contributed by atoms with Gasteiger partial charge in [-0.05, 0) is 145 Å². The number of aliphatic carboxylic acids is 2. The Morgan fingerprint density at radius 3 is 1.18 bits per heavy atom. The molecule has 5 aromatic carbocycles. The molecule has 0 aliphatic carbocycles. The van der Waals surface area contributed by atoms with E-state index >= 15 is 0 Å². The maximum atomic E-state index is 11.3. The zero-order chi connectivity index (χ0) is 45.6. The van der Waals surface area contributed by atoms with Gasteiger partial charge >= 0.3 is 11.9 Å². The Balaban J connectivity index is 0.963. The molecule has 0 amide bonds. The van der Waals surface area contributed by atoms with Crippen molar-refractivity contribution in [3.8, 4) is 46.5 Å². The first kappa shape index (κ1) is 43.2. The topological polar surface area (TPSA) is 109 Å². The molecule has 0 spiro atoms. The SMILES string of the molecule is [C-]#[N+]C(=Cc1ccc(-c2ccc(-c3ccc(N(c4ccccc4)c4ccc(N(c5ccccc5)c5ccc(-c6ccc(-c7ccc(C=C(C#N)C(=O)O)s7)s6)cc5)cc4)cc3)s2)s1)C(=O)O. The number of carbonyl (C=O) groups is 2. The number of thiophene rings is 4. The van der Waals surface area contributed by atoms with E-state index in [2.05, 4.69) is 136 Å². The highest BCUT2D eigenvalue weighted by Gasteiger charge is 2.18. The van der Waals surface area contributed by atoms with Crippen molar-refractivity contribution in [2.75, 3.05) is 9.80 Å². The first-order valence-electron chi connectivity index (χ1n) is 20.3. The fourth-order valence-corrected chi connectivity index (χ4v) is 11.4. The number of rotatable bonds is 14. The number of carboxylic acid groups (broad SMARTS) is 2. The highest BCUT2D eigenvalue weighted by molar-refractivity contribution is 7.24. The lowest BCUT2D eigenvalue weighted by atomic mass is 10.1. The van der Waals surface area contributed by atoms with E-state index in [1.807, 2.05) is 60.7 Å².